The first kappa shape index (κ1) is 19.5. The van der Waals surface area contributed by atoms with E-state index in [2.05, 4.69) is 41.3 Å². The number of aromatic amines is 1. The smallest absolute Gasteiger partial charge is 0.251 e. The summed E-state index contributed by atoms with van der Waals surface area (Å²) in [5.41, 5.74) is 6.77. The minimum absolute atomic E-state index is 0.154. The molecule has 6 heteroatoms. The number of carbonyl (C=O) groups excluding carboxylic acids is 1. The van der Waals surface area contributed by atoms with Crippen LogP contribution in [-0.4, -0.2) is 15.9 Å². The van der Waals surface area contributed by atoms with E-state index in [4.69, 9.17) is 23.2 Å². The molecule has 29 heavy (non-hydrogen) atoms. The highest BCUT2D eigenvalue weighted by molar-refractivity contribution is 6.42. The molecule has 0 unspecified atom stereocenters. The number of hydrogen-bond acceptors (Lipinski definition) is 2. The van der Waals surface area contributed by atoms with E-state index in [1.54, 1.807) is 24.3 Å². The number of rotatable bonds is 4. The number of fused-ring (bicyclic) bond motifs is 1. The molecule has 1 heterocycles. The van der Waals surface area contributed by atoms with Crippen molar-refractivity contribution in [3.8, 4) is 11.4 Å². The predicted octanol–water partition coefficient (Wildman–Crippen LogP) is 6.08. The highest BCUT2D eigenvalue weighted by Gasteiger charge is 2.10. The molecule has 4 rings (SSSR count). The lowest BCUT2D eigenvalue weighted by Gasteiger charge is -2.07. The molecule has 3 aromatic carbocycles. The van der Waals surface area contributed by atoms with Crippen LogP contribution in [0.3, 0.4) is 0 Å². The number of aryl methyl sites for hydroxylation is 2. The Morgan fingerprint density at radius 2 is 1.69 bits per heavy atom. The average molecular weight is 424 g/mol. The Kier molecular flexibility index (Phi) is 5.31. The van der Waals surface area contributed by atoms with E-state index in [0.717, 1.165) is 28.0 Å². The molecule has 0 atom stereocenters. The zero-order chi connectivity index (χ0) is 20.5. The number of amides is 1. The lowest BCUT2D eigenvalue weighted by atomic mass is 10.1. The molecular weight excluding hydrogens is 405 g/mol. The summed E-state index contributed by atoms with van der Waals surface area (Å²) >= 11 is 11.9. The maximum Gasteiger partial charge on any atom is 0.251 e. The Bertz CT molecular complexity index is 1170. The van der Waals surface area contributed by atoms with Gasteiger partial charge >= 0.3 is 0 Å². The summed E-state index contributed by atoms with van der Waals surface area (Å²) in [6.07, 6.45) is 0. The summed E-state index contributed by atoms with van der Waals surface area (Å²) in [6.45, 7) is 4.54. The molecule has 0 aliphatic rings. The van der Waals surface area contributed by atoms with Gasteiger partial charge in [-0.2, -0.15) is 0 Å². The van der Waals surface area contributed by atoms with Gasteiger partial charge in [-0.25, -0.2) is 4.98 Å². The van der Waals surface area contributed by atoms with Gasteiger partial charge in [-0.1, -0.05) is 41.4 Å². The third kappa shape index (κ3) is 4.14. The van der Waals surface area contributed by atoms with Crippen LogP contribution in [0, 0.1) is 13.8 Å². The molecule has 146 valence electrons. The third-order valence-corrected chi connectivity index (χ3v) is 5.69. The third-order valence-electron chi connectivity index (χ3n) is 4.95. The van der Waals surface area contributed by atoms with E-state index in [-0.39, 0.29) is 5.91 Å². The molecule has 0 aliphatic carbocycles. The minimum Gasteiger partial charge on any atom is -0.348 e. The maximum absolute atomic E-state index is 12.4. The van der Waals surface area contributed by atoms with Crippen molar-refractivity contribution < 1.29 is 4.79 Å². The lowest BCUT2D eigenvalue weighted by molar-refractivity contribution is 0.0951. The molecule has 0 spiro atoms. The number of imidazole rings is 1. The van der Waals surface area contributed by atoms with Crippen molar-refractivity contribution in [3.63, 3.8) is 0 Å². The summed E-state index contributed by atoms with van der Waals surface area (Å²) < 4.78 is 0. The molecule has 1 aromatic heterocycles. The second-order valence-electron chi connectivity index (χ2n) is 7.05. The van der Waals surface area contributed by atoms with Gasteiger partial charge < -0.3 is 10.3 Å². The molecule has 4 nitrogen and oxygen atoms in total. The topological polar surface area (TPSA) is 57.8 Å². The van der Waals surface area contributed by atoms with E-state index in [9.17, 15) is 4.79 Å². The van der Waals surface area contributed by atoms with Crippen LogP contribution in [0.25, 0.3) is 22.4 Å². The number of benzene rings is 3. The molecule has 0 saturated carbocycles. The minimum atomic E-state index is -0.154. The maximum atomic E-state index is 12.4. The van der Waals surface area contributed by atoms with Gasteiger partial charge in [0.05, 0.1) is 21.1 Å². The average Bonchev–Trinajstić information content (AvgIpc) is 3.11. The number of halogens is 2. The predicted molar refractivity (Wildman–Crippen MR) is 119 cm³/mol. The van der Waals surface area contributed by atoms with Crippen molar-refractivity contribution >= 4 is 40.1 Å². The number of carbonyl (C=O) groups is 1. The molecule has 0 saturated heterocycles. The Balaban J connectivity index is 1.48. The van der Waals surface area contributed by atoms with Gasteiger partial charge in [0.25, 0.3) is 5.91 Å². The molecular formula is C23H19Cl2N3O. The summed E-state index contributed by atoms with van der Waals surface area (Å²) in [5, 5.41) is 3.86. The lowest BCUT2D eigenvalue weighted by Crippen LogP contribution is -2.22. The van der Waals surface area contributed by atoms with Crippen LogP contribution in [0.5, 0.6) is 0 Å². The summed E-state index contributed by atoms with van der Waals surface area (Å²) in [7, 11) is 0. The number of nitrogens with one attached hydrogen (secondary N) is 2. The molecule has 0 aliphatic heterocycles. The van der Waals surface area contributed by atoms with Crippen LogP contribution in [0.1, 0.15) is 27.0 Å². The van der Waals surface area contributed by atoms with Crippen LogP contribution >= 0.6 is 23.2 Å². The quantitative estimate of drug-likeness (QED) is 0.417. The highest BCUT2D eigenvalue weighted by Crippen LogP contribution is 2.24. The van der Waals surface area contributed by atoms with Gasteiger partial charge in [0.2, 0.25) is 0 Å². The zero-order valence-electron chi connectivity index (χ0n) is 16.0. The van der Waals surface area contributed by atoms with Crippen molar-refractivity contribution in [1.82, 2.24) is 15.3 Å². The largest absolute Gasteiger partial charge is 0.348 e. The van der Waals surface area contributed by atoms with Gasteiger partial charge in [-0.3, -0.25) is 4.79 Å². The monoisotopic (exact) mass is 423 g/mol. The fourth-order valence-electron chi connectivity index (χ4n) is 3.12. The summed E-state index contributed by atoms with van der Waals surface area (Å²) in [5.74, 6) is 0.631. The van der Waals surface area contributed by atoms with E-state index in [1.807, 2.05) is 18.2 Å². The molecule has 4 aromatic rings. The first-order chi connectivity index (χ1) is 13.9. The van der Waals surface area contributed by atoms with Crippen molar-refractivity contribution in [2.45, 2.75) is 20.4 Å². The summed E-state index contributed by atoms with van der Waals surface area (Å²) in [6, 6.07) is 16.9. The molecule has 0 fully saturated rings. The molecule has 0 bridgehead atoms. The Morgan fingerprint density at radius 1 is 0.966 bits per heavy atom. The first-order valence-electron chi connectivity index (χ1n) is 9.20. The first-order valence-corrected chi connectivity index (χ1v) is 9.96. The van der Waals surface area contributed by atoms with Crippen molar-refractivity contribution in [2.24, 2.45) is 0 Å². The van der Waals surface area contributed by atoms with E-state index < -0.39 is 0 Å². The summed E-state index contributed by atoms with van der Waals surface area (Å²) in [4.78, 5) is 20.5. The Labute approximate surface area is 178 Å². The highest BCUT2D eigenvalue weighted by atomic mass is 35.5. The second kappa shape index (κ2) is 7.90. The van der Waals surface area contributed by atoms with Crippen molar-refractivity contribution in [3.05, 3.63) is 86.9 Å². The molecule has 0 radical (unpaired) electrons. The fraction of sp³-hybridized carbons (Fsp3) is 0.130. The standard InChI is InChI=1S/C23H19Cl2N3O/c1-13-9-20-21(10-14(13)2)28-22(27-20)16-4-6-17(7-5-16)23(29)26-12-15-3-8-18(24)19(25)11-15/h3-11H,12H2,1-2H3,(H,26,29)(H,27,28). The fourth-order valence-corrected chi connectivity index (χ4v) is 3.44. The van der Waals surface area contributed by atoms with E-state index in [1.165, 1.54) is 11.1 Å². The van der Waals surface area contributed by atoms with Gasteiger partial charge in [0.15, 0.2) is 0 Å². The van der Waals surface area contributed by atoms with Crippen LogP contribution in [0.4, 0.5) is 0 Å². The number of nitrogens with zero attached hydrogens (tertiary/aromatic N) is 1. The number of H-pyrrole nitrogens is 1. The van der Waals surface area contributed by atoms with Crippen LogP contribution in [0.15, 0.2) is 54.6 Å². The number of hydrogen-bond donors (Lipinski definition) is 2. The van der Waals surface area contributed by atoms with Crippen molar-refractivity contribution in [1.29, 1.82) is 0 Å². The number of aromatic nitrogens is 2. The zero-order valence-corrected chi connectivity index (χ0v) is 17.5. The van der Waals surface area contributed by atoms with Crippen LogP contribution in [-0.2, 0) is 6.54 Å². The van der Waals surface area contributed by atoms with Gasteiger partial charge in [-0.05, 0) is 66.9 Å². The van der Waals surface area contributed by atoms with Crippen LogP contribution < -0.4 is 5.32 Å². The van der Waals surface area contributed by atoms with Gasteiger partial charge in [-0.15, -0.1) is 0 Å². The Morgan fingerprint density at radius 3 is 2.41 bits per heavy atom. The molecule has 2 N–H and O–H groups in total. The SMILES string of the molecule is Cc1cc2nc(-c3ccc(C(=O)NCc4ccc(Cl)c(Cl)c4)cc3)[nH]c2cc1C. The van der Waals surface area contributed by atoms with Gasteiger partial charge in [0, 0.05) is 17.7 Å². The van der Waals surface area contributed by atoms with E-state index >= 15 is 0 Å². The normalized spacial score (nSPS) is 11.0. The van der Waals surface area contributed by atoms with Crippen molar-refractivity contribution in [2.75, 3.05) is 0 Å². The Hall–Kier alpha value is -2.82. The molecule has 1 amide bonds. The van der Waals surface area contributed by atoms with Gasteiger partial charge in [0.1, 0.15) is 5.82 Å². The van der Waals surface area contributed by atoms with E-state index in [0.29, 0.717) is 22.2 Å². The second-order valence-corrected chi connectivity index (χ2v) is 7.86. The van der Waals surface area contributed by atoms with Crippen LogP contribution in [0.2, 0.25) is 10.0 Å².